The van der Waals surface area contributed by atoms with Crippen molar-refractivity contribution in [3.8, 4) is 0 Å². The summed E-state index contributed by atoms with van der Waals surface area (Å²) >= 11 is 1.90. The van der Waals surface area contributed by atoms with Crippen LogP contribution in [-0.2, 0) is 9.59 Å². The molecule has 0 fully saturated rings. The summed E-state index contributed by atoms with van der Waals surface area (Å²) in [6.07, 6.45) is 1.06. The smallest absolute Gasteiger partial charge is 0.240 e. The summed E-state index contributed by atoms with van der Waals surface area (Å²) in [6.45, 7) is 3.09. The lowest BCUT2D eigenvalue weighted by Crippen LogP contribution is -2.10. The topological polar surface area (TPSA) is 86.2 Å². The van der Waals surface area contributed by atoms with Crippen LogP contribution in [0.1, 0.15) is 0 Å². The average Bonchev–Trinajstić information content (AvgIpc) is 1.89. The van der Waals surface area contributed by atoms with Gasteiger partial charge in [0, 0.05) is 0 Å². The van der Waals surface area contributed by atoms with E-state index in [0.29, 0.717) is 4.43 Å². The monoisotopic (exact) mass is 256 g/mol. The molecule has 0 aliphatic rings. The number of carbonyl (C=O) groups is 2. The van der Waals surface area contributed by atoms with E-state index in [1.54, 1.807) is 0 Å². The van der Waals surface area contributed by atoms with Crippen LogP contribution in [0, 0.1) is 0 Å². The quantitative estimate of drug-likeness (QED) is 0.399. The summed E-state index contributed by atoms with van der Waals surface area (Å²) in [5.41, 5.74) is 9.18. The molecule has 4 nitrogen and oxygen atoms in total. The summed E-state index contributed by atoms with van der Waals surface area (Å²) in [7, 11) is 0. The molecule has 0 spiro atoms. The Morgan fingerprint density at radius 1 is 1.50 bits per heavy atom. The molecular formula is C5H9IN2O2. The van der Waals surface area contributed by atoms with Crippen molar-refractivity contribution in [3.63, 3.8) is 0 Å². The maximum atomic E-state index is 9.58. The third-order valence-corrected chi connectivity index (χ3v) is 1.08. The van der Waals surface area contributed by atoms with E-state index in [-0.39, 0.29) is 5.91 Å². The predicted molar refractivity (Wildman–Crippen MR) is 47.5 cm³/mol. The van der Waals surface area contributed by atoms with E-state index in [1.165, 1.54) is 0 Å². The molecule has 58 valence electrons. The second-order valence-electron chi connectivity index (χ2n) is 1.21. The summed E-state index contributed by atoms with van der Waals surface area (Å²) in [4.78, 5) is 19.1. The molecule has 0 aliphatic heterocycles. The number of halogens is 1. The fourth-order valence-corrected chi connectivity index (χ4v) is 0. The van der Waals surface area contributed by atoms with E-state index in [2.05, 4.69) is 18.0 Å². The maximum Gasteiger partial charge on any atom is 0.240 e. The Morgan fingerprint density at radius 2 is 1.70 bits per heavy atom. The molecule has 0 bridgehead atoms. The largest absolute Gasteiger partial charge is 0.369 e. The fourth-order valence-electron chi connectivity index (χ4n) is 0. The first-order chi connectivity index (χ1) is 4.54. The standard InChI is InChI=1S/C3H5NO.C2H4INO/c1-2-3(4)5;3-1-2(4)5/h2H,1H2,(H2,4,5);1H2,(H2,4,5). The van der Waals surface area contributed by atoms with Crippen molar-refractivity contribution in [2.45, 2.75) is 0 Å². The van der Waals surface area contributed by atoms with E-state index < -0.39 is 5.91 Å². The minimum Gasteiger partial charge on any atom is -0.369 e. The number of alkyl halides is 1. The molecule has 0 unspecified atom stereocenters. The number of nitrogens with two attached hydrogens (primary N) is 2. The van der Waals surface area contributed by atoms with Gasteiger partial charge < -0.3 is 11.5 Å². The van der Waals surface area contributed by atoms with Crippen LogP contribution in [0.3, 0.4) is 0 Å². The van der Waals surface area contributed by atoms with Crippen LogP contribution < -0.4 is 11.5 Å². The van der Waals surface area contributed by atoms with Gasteiger partial charge in [0.2, 0.25) is 11.8 Å². The van der Waals surface area contributed by atoms with Crippen LogP contribution in [0.4, 0.5) is 0 Å². The van der Waals surface area contributed by atoms with Gasteiger partial charge in [-0.25, -0.2) is 0 Å². The Hall–Kier alpha value is -0.590. The van der Waals surface area contributed by atoms with E-state index >= 15 is 0 Å². The minimum atomic E-state index is -0.481. The van der Waals surface area contributed by atoms with Gasteiger partial charge in [-0.15, -0.1) is 0 Å². The first-order valence-corrected chi connectivity index (χ1v) is 3.83. The highest BCUT2D eigenvalue weighted by molar-refractivity contribution is 14.1. The number of carbonyl (C=O) groups excluding carboxylic acids is 2. The normalized spacial score (nSPS) is 6.90. The summed E-state index contributed by atoms with van der Waals surface area (Å²) in [5, 5.41) is 0. The number of hydrogen-bond acceptors (Lipinski definition) is 2. The van der Waals surface area contributed by atoms with Crippen LogP contribution >= 0.6 is 22.6 Å². The van der Waals surface area contributed by atoms with Crippen molar-refractivity contribution in [2.75, 3.05) is 4.43 Å². The molecule has 0 atom stereocenters. The molecule has 4 N–H and O–H groups in total. The zero-order chi connectivity index (χ0) is 8.57. The van der Waals surface area contributed by atoms with Crippen molar-refractivity contribution in [1.82, 2.24) is 0 Å². The molecule has 0 saturated carbocycles. The van der Waals surface area contributed by atoms with Crippen molar-refractivity contribution in [2.24, 2.45) is 11.5 Å². The molecule has 0 aliphatic carbocycles. The SMILES string of the molecule is C=CC(N)=O.NC(=O)CI. The second-order valence-corrected chi connectivity index (χ2v) is 1.97. The highest BCUT2D eigenvalue weighted by Gasteiger charge is 1.79. The van der Waals surface area contributed by atoms with Gasteiger partial charge in [-0.1, -0.05) is 29.2 Å². The van der Waals surface area contributed by atoms with E-state index in [1.807, 2.05) is 22.6 Å². The summed E-state index contributed by atoms with van der Waals surface area (Å²) < 4.78 is 0.414. The molecule has 0 aromatic rings. The number of hydrogen-bond donors (Lipinski definition) is 2. The van der Waals surface area contributed by atoms with Crippen molar-refractivity contribution >= 4 is 34.4 Å². The second kappa shape index (κ2) is 8.41. The van der Waals surface area contributed by atoms with E-state index in [4.69, 9.17) is 0 Å². The molecule has 0 rings (SSSR count). The van der Waals surface area contributed by atoms with Gasteiger partial charge in [-0.2, -0.15) is 0 Å². The van der Waals surface area contributed by atoms with Gasteiger partial charge >= 0.3 is 0 Å². The molecule has 2 amide bonds. The van der Waals surface area contributed by atoms with Gasteiger partial charge in [-0.05, 0) is 6.08 Å². The number of primary amides is 2. The molecule has 0 radical (unpaired) electrons. The first kappa shape index (κ1) is 12.1. The zero-order valence-corrected chi connectivity index (χ0v) is 7.50. The Kier molecular flexibility index (Phi) is 10.2. The fraction of sp³-hybridized carbons (Fsp3) is 0.200. The molecule has 10 heavy (non-hydrogen) atoms. The number of rotatable bonds is 2. The Morgan fingerprint density at radius 3 is 1.70 bits per heavy atom. The van der Waals surface area contributed by atoms with Crippen molar-refractivity contribution < 1.29 is 9.59 Å². The number of amides is 2. The third kappa shape index (κ3) is 26.2. The van der Waals surface area contributed by atoms with Crippen molar-refractivity contribution in [3.05, 3.63) is 12.7 Å². The van der Waals surface area contributed by atoms with Crippen LogP contribution in [0.15, 0.2) is 12.7 Å². The molecule has 0 heterocycles. The zero-order valence-electron chi connectivity index (χ0n) is 5.34. The lowest BCUT2D eigenvalue weighted by Gasteiger charge is -1.71. The van der Waals surface area contributed by atoms with Crippen LogP contribution in [0.2, 0.25) is 0 Å². The first-order valence-electron chi connectivity index (χ1n) is 2.30. The minimum absolute atomic E-state index is 0.259. The molecule has 0 saturated heterocycles. The van der Waals surface area contributed by atoms with Gasteiger partial charge in [0.15, 0.2) is 0 Å². The average molecular weight is 256 g/mol. The lowest BCUT2D eigenvalue weighted by molar-refractivity contribution is -0.115. The Balaban J connectivity index is 0. The van der Waals surface area contributed by atoms with E-state index in [9.17, 15) is 9.59 Å². The third-order valence-electron chi connectivity index (χ3n) is 0.333. The van der Waals surface area contributed by atoms with Crippen LogP contribution in [0.5, 0.6) is 0 Å². The molecule has 0 aromatic carbocycles. The molecular weight excluding hydrogens is 247 g/mol. The van der Waals surface area contributed by atoms with Gasteiger partial charge in [0.05, 0.1) is 4.43 Å². The Bertz CT molecular complexity index is 136. The van der Waals surface area contributed by atoms with Gasteiger partial charge in [0.1, 0.15) is 0 Å². The highest BCUT2D eigenvalue weighted by Crippen LogP contribution is 1.72. The van der Waals surface area contributed by atoms with Gasteiger partial charge in [-0.3, -0.25) is 9.59 Å². The van der Waals surface area contributed by atoms with Crippen molar-refractivity contribution in [1.29, 1.82) is 0 Å². The van der Waals surface area contributed by atoms with E-state index in [0.717, 1.165) is 6.08 Å². The lowest BCUT2D eigenvalue weighted by atomic mass is 10.6. The molecule has 0 aromatic heterocycles. The molecule has 5 heteroatoms. The summed E-state index contributed by atoms with van der Waals surface area (Å²) in [6, 6.07) is 0. The summed E-state index contributed by atoms with van der Waals surface area (Å²) in [5.74, 6) is -0.740. The highest BCUT2D eigenvalue weighted by atomic mass is 127. The van der Waals surface area contributed by atoms with Crippen LogP contribution in [-0.4, -0.2) is 16.2 Å². The van der Waals surface area contributed by atoms with Crippen LogP contribution in [0.25, 0.3) is 0 Å². The maximum absolute atomic E-state index is 9.58. The Labute approximate surface area is 72.8 Å². The predicted octanol–water partition coefficient (Wildman–Crippen LogP) is -0.436. The van der Waals surface area contributed by atoms with Gasteiger partial charge in [0.25, 0.3) is 0 Å².